The molecule has 104 valence electrons. The van der Waals surface area contributed by atoms with Crippen LogP contribution in [-0.2, 0) is 20.1 Å². The first-order valence-electron chi connectivity index (χ1n) is 6.93. The lowest BCUT2D eigenvalue weighted by Crippen LogP contribution is -2.16. The Labute approximate surface area is 118 Å². The summed E-state index contributed by atoms with van der Waals surface area (Å²) >= 11 is 0. The van der Waals surface area contributed by atoms with Crippen LogP contribution in [0.3, 0.4) is 0 Å². The maximum absolute atomic E-state index is 4.05. The van der Waals surface area contributed by atoms with Crippen molar-refractivity contribution >= 4 is 10.9 Å². The molecule has 1 N–H and O–H groups in total. The van der Waals surface area contributed by atoms with Gasteiger partial charge in [0.1, 0.15) is 0 Å². The Hall–Kier alpha value is -2.14. The molecule has 0 aliphatic rings. The number of nitrogens with zero attached hydrogens (tertiary/aromatic N) is 4. The summed E-state index contributed by atoms with van der Waals surface area (Å²) in [5.74, 6) is 0. The van der Waals surface area contributed by atoms with E-state index in [9.17, 15) is 0 Å². The van der Waals surface area contributed by atoms with Crippen LogP contribution in [-0.4, -0.2) is 26.1 Å². The van der Waals surface area contributed by atoms with Crippen molar-refractivity contribution in [3.63, 3.8) is 0 Å². The molecule has 0 saturated heterocycles. The highest BCUT2D eigenvalue weighted by atomic mass is 15.4. The topological polar surface area (TPSA) is 47.7 Å². The van der Waals surface area contributed by atoms with Crippen LogP contribution in [0, 0.1) is 0 Å². The Morgan fingerprint density at radius 2 is 2.10 bits per heavy atom. The molecule has 3 aromatic rings. The van der Waals surface area contributed by atoms with Crippen LogP contribution in [0.15, 0.2) is 42.7 Å². The molecule has 20 heavy (non-hydrogen) atoms. The third kappa shape index (κ3) is 2.88. The first-order chi connectivity index (χ1) is 9.83. The second-order valence-corrected chi connectivity index (χ2v) is 4.98. The van der Waals surface area contributed by atoms with Gasteiger partial charge in [-0.25, -0.2) is 0 Å². The van der Waals surface area contributed by atoms with Crippen LogP contribution in [0.2, 0.25) is 0 Å². The largest absolute Gasteiger partial charge is 0.347 e. The minimum atomic E-state index is 0.778. The second kappa shape index (κ2) is 5.88. The van der Waals surface area contributed by atoms with Gasteiger partial charge in [0.25, 0.3) is 0 Å². The van der Waals surface area contributed by atoms with Crippen LogP contribution < -0.4 is 5.32 Å². The number of hydrogen-bond acceptors (Lipinski definition) is 3. The molecule has 0 radical (unpaired) electrons. The summed E-state index contributed by atoms with van der Waals surface area (Å²) in [7, 11) is 1.88. The zero-order chi connectivity index (χ0) is 13.8. The number of fused-ring (bicyclic) bond motifs is 1. The molecule has 0 spiro atoms. The van der Waals surface area contributed by atoms with Gasteiger partial charge in [0.2, 0.25) is 0 Å². The minimum Gasteiger partial charge on any atom is -0.347 e. The average Bonchev–Trinajstić information content (AvgIpc) is 3.05. The normalized spacial score (nSPS) is 11.2. The second-order valence-electron chi connectivity index (χ2n) is 4.98. The highest BCUT2D eigenvalue weighted by molar-refractivity contribution is 5.79. The number of nitrogens with one attached hydrogen (secondary N) is 1. The highest BCUT2D eigenvalue weighted by Crippen LogP contribution is 2.15. The fraction of sp³-hybridized carbons (Fsp3) is 0.333. The molecule has 2 aromatic heterocycles. The molecular formula is C15H19N5. The summed E-state index contributed by atoms with van der Waals surface area (Å²) in [4.78, 5) is 0. The van der Waals surface area contributed by atoms with Crippen molar-refractivity contribution in [2.45, 2.75) is 19.5 Å². The quantitative estimate of drug-likeness (QED) is 0.696. The van der Waals surface area contributed by atoms with Crippen LogP contribution in [0.1, 0.15) is 12.1 Å². The molecule has 3 rings (SSSR count). The first kappa shape index (κ1) is 12.9. The molecule has 0 saturated carbocycles. The Kier molecular flexibility index (Phi) is 3.78. The van der Waals surface area contributed by atoms with E-state index in [0.29, 0.717) is 0 Å². The van der Waals surface area contributed by atoms with E-state index in [-0.39, 0.29) is 0 Å². The molecule has 0 amide bonds. The number of hydrogen-bond donors (Lipinski definition) is 1. The van der Waals surface area contributed by atoms with Gasteiger partial charge in [0.15, 0.2) is 0 Å². The Bertz CT molecular complexity index is 682. The van der Waals surface area contributed by atoms with Gasteiger partial charge >= 0.3 is 0 Å². The summed E-state index contributed by atoms with van der Waals surface area (Å²) < 4.78 is 4.03. The van der Waals surface area contributed by atoms with Gasteiger partial charge in [-0.15, -0.1) is 5.10 Å². The minimum absolute atomic E-state index is 0.778. The molecule has 0 aliphatic heterocycles. The number of para-hydroxylation sites is 1. The Balaban J connectivity index is 1.46. The number of rotatable bonds is 6. The van der Waals surface area contributed by atoms with Crippen molar-refractivity contribution in [3.8, 4) is 0 Å². The van der Waals surface area contributed by atoms with E-state index in [2.05, 4.69) is 56.7 Å². The molecule has 0 bridgehead atoms. The average molecular weight is 269 g/mol. The smallest absolute Gasteiger partial charge is 0.0964 e. The van der Waals surface area contributed by atoms with Crippen molar-refractivity contribution in [3.05, 3.63) is 48.4 Å². The zero-order valence-corrected chi connectivity index (χ0v) is 11.7. The van der Waals surface area contributed by atoms with Gasteiger partial charge in [-0.2, -0.15) is 0 Å². The highest BCUT2D eigenvalue weighted by Gasteiger charge is 2.00. The number of aryl methyl sites for hydroxylation is 2. The van der Waals surface area contributed by atoms with Gasteiger partial charge in [0.05, 0.1) is 5.69 Å². The van der Waals surface area contributed by atoms with Gasteiger partial charge in [-0.05, 0) is 30.5 Å². The maximum atomic E-state index is 4.05. The van der Waals surface area contributed by atoms with E-state index < -0.39 is 0 Å². The van der Waals surface area contributed by atoms with Gasteiger partial charge in [-0.3, -0.25) is 4.68 Å². The SMILES string of the molecule is Cn1cc(CNCCCn2ccc3ccccc32)nn1. The van der Waals surface area contributed by atoms with Crippen LogP contribution in [0.5, 0.6) is 0 Å². The zero-order valence-electron chi connectivity index (χ0n) is 11.7. The molecule has 0 unspecified atom stereocenters. The maximum Gasteiger partial charge on any atom is 0.0964 e. The Morgan fingerprint density at radius 1 is 1.20 bits per heavy atom. The lowest BCUT2D eigenvalue weighted by Gasteiger charge is -2.06. The lowest BCUT2D eigenvalue weighted by atomic mass is 10.2. The third-order valence-corrected chi connectivity index (χ3v) is 3.39. The summed E-state index contributed by atoms with van der Waals surface area (Å²) in [5, 5.41) is 12.7. The van der Waals surface area contributed by atoms with E-state index in [4.69, 9.17) is 0 Å². The van der Waals surface area contributed by atoms with E-state index in [1.54, 1.807) is 4.68 Å². The molecule has 1 aromatic carbocycles. The van der Waals surface area contributed by atoms with E-state index >= 15 is 0 Å². The van der Waals surface area contributed by atoms with E-state index in [1.807, 2.05) is 13.2 Å². The lowest BCUT2D eigenvalue weighted by molar-refractivity contribution is 0.586. The Morgan fingerprint density at radius 3 is 2.95 bits per heavy atom. The molecule has 5 nitrogen and oxygen atoms in total. The number of benzene rings is 1. The standard InChI is InChI=1S/C15H19N5/c1-19-12-14(17-18-19)11-16-8-4-9-20-10-7-13-5-2-3-6-15(13)20/h2-3,5-7,10,12,16H,4,8-9,11H2,1H3. The molecule has 0 fully saturated rings. The van der Waals surface area contributed by atoms with Gasteiger partial charge in [-0.1, -0.05) is 23.4 Å². The fourth-order valence-corrected chi connectivity index (χ4v) is 2.40. The molecule has 0 atom stereocenters. The summed E-state index contributed by atoms with van der Waals surface area (Å²) in [5.41, 5.74) is 2.29. The van der Waals surface area contributed by atoms with Crippen LogP contribution in [0.4, 0.5) is 0 Å². The predicted octanol–water partition coefficient (Wildman–Crippen LogP) is 1.95. The van der Waals surface area contributed by atoms with Crippen molar-refractivity contribution in [1.29, 1.82) is 0 Å². The third-order valence-electron chi connectivity index (χ3n) is 3.39. The van der Waals surface area contributed by atoms with E-state index in [0.717, 1.165) is 31.7 Å². The van der Waals surface area contributed by atoms with Crippen molar-refractivity contribution in [2.24, 2.45) is 7.05 Å². The van der Waals surface area contributed by atoms with Gasteiger partial charge in [0, 0.05) is 38.0 Å². The number of aromatic nitrogens is 4. The monoisotopic (exact) mass is 269 g/mol. The van der Waals surface area contributed by atoms with E-state index in [1.165, 1.54) is 10.9 Å². The van der Waals surface area contributed by atoms with Crippen molar-refractivity contribution < 1.29 is 0 Å². The summed E-state index contributed by atoms with van der Waals surface area (Å²) in [6, 6.07) is 10.7. The first-order valence-corrected chi connectivity index (χ1v) is 6.93. The summed E-state index contributed by atoms with van der Waals surface area (Å²) in [6.07, 6.45) is 5.19. The van der Waals surface area contributed by atoms with Crippen LogP contribution in [0.25, 0.3) is 10.9 Å². The molecule has 0 aliphatic carbocycles. The predicted molar refractivity (Wildman–Crippen MR) is 79.3 cm³/mol. The van der Waals surface area contributed by atoms with Crippen LogP contribution >= 0.6 is 0 Å². The molecule has 2 heterocycles. The molecule has 5 heteroatoms. The fourth-order valence-electron chi connectivity index (χ4n) is 2.40. The van der Waals surface area contributed by atoms with Crippen molar-refractivity contribution in [2.75, 3.05) is 6.54 Å². The van der Waals surface area contributed by atoms with Gasteiger partial charge < -0.3 is 9.88 Å². The summed E-state index contributed by atoms with van der Waals surface area (Å²) in [6.45, 7) is 2.78. The molecular weight excluding hydrogens is 250 g/mol. The van der Waals surface area contributed by atoms with Crippen molar-refractivity contribution in [1.82, 2.24) is 24.9 Å².